The average Bonchev–Trinajstić information content (AvgIpc) is 3.77. The van der Waals surface area contributed by atoms with Gasteiger partial charge in [-0.15, -0.1) is 0 Å². The van der Waals surface area contributed by atoms with Crippen LogP contribution in [-0.2, 0) is 34.9 Å². The lowest BCUT2D eigenvalue weighted by Gasteiger charge is -2.29. The number of carbonyl (C=O) groups excluding carboxylic acids is 1. The van der Waals surface area contributed by atoms with Crippen molar-refractivity contribution >= 4 is 41.4 Å². The predicted octanol–water partition coefficient (Wildman–Crippen LogP) is 1.51. The van der Waals surface area contributed by atoms with Gasteiger partial charge in [0.15, 0.2) is 41.8 Å². The number of anilines is 1. The summed E-state index contributed by atoms with van der Waals surface area (Å²) < 4.78 is 61.9. The minimum absolute atomic E-state index is 0.00574. The summed E-state index contributed by atoms with van der Waals surface area (Å²) >= 11 is 5.55. The van der Waals surface area contributed by atoms with Crippen LogP contribution in [0.15, 0.2) is 64.8 Å². The molecule has 2 aliphatic rings. The smallest absolute Gasteiger partial charge is 0.330 e. The van der Waals surface area contributed by atoms with Crippen molar-refractivity contribution in [1.82, 2.24) is 29.1 Å². The molecule has 0 bridgehead atoms. The van der Waals surface area contributed by atoms with Crippen molar-refractivity contribution in [2.75, 3.05) is 25.1 Å². The standard InChI is InChI=1S/C29H32F2N7O10PS/c1-2-10-44-49(50,48-23-20(31)16(11-39)46-28(23)37-9-8-18(40)35-29(37)43)45-12-17-19(30)22(41)27(47-17)38-14-34-21-24(32-13-33-25(21)38)36-26(42)15-6-4-3-5-7-15/h3-9,13-14,16-17,19-20,22-23,27-28,39,41H,2,10-12H2,1H3,(H,35,40,43)(H,32,33,36,42)/t16-,17-,19?,20?,22?,23?,27-,28-,49?/m1/s1. The molecule has 1 aromatic carbocycles. The molecule has 2 aliphatic heterocycles. The zero-order valence-corrected chi connectivity index (χ0v) is 27.9. The number of benzene rings is 1. The molecule has 4 aromatic rings. The second-order valence-electron chi connectivity index (χ2n) is 11.2. The molecule has 17 nitrogen and oxygen atoms in total. The number of nitrogens with zero attached hydrogens (tertiary/aromatic N) is 5. The number of ether oxygens (including phenoxy) is 2. The van der Waals surface area contributed by atoms with Gasteiger partial charge in [-0.2, -0.15) is 0 Å². The lowest BCUT2D eigenvalue weighted by atomic mass is 10.1. The van der Waals surface area contributed by atoms with E-state index in [1.54, 1.807) is 37.3 Å². The fourth-order valence-corrected chi connectivity index (χ4v) is 7.55. The van der Waals surface area contributed by atoms with Crippen LogP contribution in [0, 0.1) is 0 Å². The van der Waals surface area contributed by atoms with E-state index in [2.05, 4.69) is 20.3 Å². The lowest BCUT2D eigenvalue weighted by molar-refractivity contribution is -0.0596. The van der Waals surface area contributed by atoms with Crippen LogP contribution < -0.4 is 16.6 Å². The number of aliphatic hydroxyl groups is 2. The minimum Gasteiger partial charge on any atom is -0.394 e. The Morgan fingerprint density at radius 2 is 1.82 bits per heavy atom. The fourth-order valence-electron chi connectivity index (χ4n) is 5.39. The highest BCUT2D eigenvalue weighted by atomic mass is 32.5. The van der Waals surface area contributed by atoms with Crippen LogP contribution in [0.5, 0.6) is 0 Å². The number of nitrogens with one attached hydrogen (secondary N) is 2. The number of aromatic nitrogens is 6. The first-order valence-electron chi connectivity index (χ1n) is 15.3. The van der Waals surface area contributed by atoms with Crippen LogP contribution >= 0.6 is 6.72 Å². The number of hydrogen-bond acceptors (Lipinski definition) is 14. The third-order valence-electron chi connectivity index (χ3n) is 7.86. The molecule has 0 aliphatic carbocycles. The quantitative estimate of drug-likeness (QED) is 0.143. The summed E-state index contributed by atoms with van der Waals surface area (Å²) in [6.45, 7) is -3.61. The highest BCUT2D eigenvalue weighted by Gasteiger charge is 2.51. The van der Waals surface area contributed by atoms with Gasteiger partial charge in [-0.3, -0.25) is 28.2 Å². The summed E-state index contributed by atoms with van der Waals surface area (Å²) in [5, 5.41) is 23.2. The number of H-pyrrole nitrogens is 1. The van der Waals surface area contributed by atoms with Gasteiger partial charge in [-0.25, -0.2) is 28.5 Å². The normalized spacial score (nSPS) is 27.8. The predicted molar refractivity (Wildman–Crippen MR) is 173 cm³/mol. The molecule has 5 heterocycles. The Labute approximate surface area is 286 Å². The van der Waals surface area contributed by atoms with E-state index in [-0.39, 0.29) is 23.6 Å². The number of hydrogen-bond donors (Lipinski definition) is 4. The Morgan fingerprint density at radius 1 is 1.06 bits per heavy atom. The number of fused-ring (bicyclic) bond motifs is 1. The van der Waals surface area contributed by atoms with Crippen LogP contribution in [0.25, 0.3) is 11.2 Å². The van der Waals surface area contributed by atoms with E-state index >= 15 is 8.78 Å². The molecule has 6 rings (SSSR count). The second-order valence-corrected chi connectivity index (χ2v) is 14.2. The maximum absolute atomic E-state index is 15.6. The third-order valence-corrected chi connectivity index (χ3v) is 10.2. The molecule has 1 amide bonds. The number of imidazole rings is 1. The van der Waals surface area contributed by atoms with Crippen LogP contribution in [0.4, 0.5) is 14.6 Å². The summed E-state index contributed by atoms with van der Waals surface area (Å²) in [6, 6.07) is 9.41. The van der Waals surface area contributed by atoms with Gasteiger partial charge in [-0.1, -0.05) is 25.1 Å². The van der Waals surface area contributed by atoms with Crippen molar-refractivity contribution in [1.29, 1.82) is 0 Å². The Hall–Kier alpha value is -3.85. The molecule has 21 heteroatoms. The molecule has 9 atom stereocenters. The van der Waals surface area contributed by atoms with Gasteiger partial charge in [0.2, 0.25) is 0 Å². The van der Waals surface area contributed by atoms with Gasteiger partial charge in [0.1, 0.15) is 30.7 Å². The monoisotopic (exact) mass is 739 g/mol. The molecular weight excluding hydrogens is 707 g/mol. The third kappa shape index (κ3) is 7.30. The average molecular weight is 740 g/mol. The molecule has 2 fully saturated rings. The molecule has 0 radical (unpaired) electrons. The summed E-state index contributed by atoms with van der Waals surface area (Å²) in [5.41, 5.74) is -0.996. The fraction of sp³-hybridized carbons (Fsp3) is 0.448. The van der Waals surface area contributed by atoms with Gasteiger partial charge >= 0.3 is 12.4 Å². The van der Waals surface area contributed by atoms with E-state index in [1.165, 1.54) is 10.9 Å². The molecule has 0 spiro atoms. The van der Waals surface area contributed by atoms with E-state index in [9.17, 15) is 24.6 Å². The molecule has 5 unspecified atom stereocenters. The van der Waals surface area contributed by atoms with Crippen LogP contribution in [-0.4, -0.2) is 102 Å². The van der Waals surface area contributed by atoms with Gasteiger partial charge in [0.05, 0.1) is 26.1 Å². The van der Waals surface area contributed by atoms with Crippen molar-refractivity contribution in [3.8, 4) is 0 Å². The maximum Gasteiger partial charge on any atom is 0.330 e. The van der Waals surface area contributed by atoms with Crippen molar-refractivity contribution in [3.63, 3.8) is 0 Å². The summed E-state index contributed by atoms with van der Waals surface area (Å²) in [5.74, 6) is -0.376. The van der Waals surface area contributed by atoms with Crippen molar-refractivity contribution in [2.24, 2.45) is 0 Å². The summed E-state index contributed by atoms with van der Waals surface area (Å²) in [6.07, 6.45) is -9.26. The zero-order valence-electron chi connectivity index (χ0n) is 26.2. The van der Waals surface area contributed by atoms with Crippen LogP contribution in [0.1, 0.15) is 36.2 Å². The van der Waals surface area contributed by atoms with Crippen LogP contribution in [0.2, 0.25) is 0 Å². The second kappa shape index (κ2) is 15.2. The van der Waals surface area contributed by atoms with E-state index in [0.717, 1.165) is 23.2 Å². The first kappa shape index (κ1) is 36.0. The minimum atomic E-state index is -3.97. The largest absolute Gasteiger partial charge is 0.394 e. The lowest BCUT2D eigenvalue weighted by Crippen LogP contribution is -2.38. The number of amides is 1. The highest BCUT2D eigenvalue weighted by Crippen LogP contribution is 2.55. The number of aromatic amines is 1. The van der Waals surface area contributed by atoms with E-state index in [1.807, 2.05) is 4.98 Å². The van der Waals surface area contributed by atoms with Crippen molar-refractivity contribution in [3.05, 3.63) is 81.7 Å². The van der Waals surface area contributed by atoms with Gasteiger partial charge in [0.25, 0.3) is 11.5 Å². The number of halogens is 2. The topological polar surface area (TPSA) is 214 Å². The molecule has 3 aromatic heterocycles. The van der Waals surface area contributed by atoms with E-state index < -0.39 is 86.3 Å². The van der Waals surface area contributed by atoms with Gasteiger partial charge < -0.3 is 34.1 Å². The SMILES string of the molecule is CCCOP(=S)(OC[C@H]1O[C@@H](n2cnc3c(NC(=O)c4ccccc4)ncnc32)C(O)C1F)OC1C(F)[C@@H](CO)O[C@H]1n1ccc(=O)[nH]c1=O. The molecule has 2 saturated heterocycles. The van der Waals surface area contributed by atoms with Gasteiger partial charge in [0, 0.05) is 17.8 Å². The van der Waals surface area contributed by atoms with Crippen molar-refractivity contribution in [2.45, 2.75) is 62.6 Å². The molecule has 4 N–H and O–H groups in total. The van der Waals surface area contributed by atoms with E-state index in [4.69, 9.17) is 34.9 Å². The summed E-state index contributed by atoms with van der Waals surface area (Å²) in [4.78, 5) is 51.4. The number of rotatable bonds is 13. The Morgan fingerprint density at radius 3 is 2.54 bits per heavy atom. The maximum atomic E-state index is 15.6. The zero-order chi connectivity index (χ0) is 35.6. The molecular formula is C29H32F2N7O10PS. The molecule has 268 valence electrons. The first-order valence-corrected chi connectivity index (χ1v) is 17.9. The molecule has 0 saturated carbocycles. The number of alkyl halides is 2. The Balaban J connectivity index is 1.19. The number of aliphatic hydroxyl groups excluding tert-OH is 2. The van der Waals surface area contributed by atoms with E-state index in [0.29, 0.717) is 12.0 Å². The number of carbonyl (C=O) groups is 1. The summed E-state index contributed by atoms with van der Waals surface area (Å²) in [7, 11) is 0. The Bertz CT molecular complexity index is 1990. The highest BCUT2D eigenvalue weighted by molar-refractivity contribution is 8.07. The van der Waals surface area contributed by atoms with Crippen molar-refractivity contribution < 1.29 is 46.8 Å². The Kier molecular flexibility index (Phi) is 10.9. The van der Waals surface area contributed by atoms with Gasteiger partial charge in [-0.05, 0) is 30.4 Å². The van der Waals surface area contributed by atoms with Crippen LogP contribution in [0.3, 0.4) is 0 Å². The first-order chi connectivity index (χ1) is 24.0. The molecule has 50 heavy (non-hydrogen) atoms.